The molecule has 0 saturated heterocycles. The second-order valence-corrected chi connectivity index (χ2v) is 11.3. The quantitative estimate of drug-likeness (QED) is 0.208. The number of ether oxygens (including phenoxy) is 3. The largest absolute Gasteiger partial charge is 0.490 e. The Bertz CT molecular complexity index is 1570. The lowest BCUT2D eigenvalue weighted by atomic mass is 10.2. The van der Waals surface area contributed by atoms with Crippen molar-refractivity contribution in [2.24, 2.45) is 0 Å². The van der Waals surface area contributed by atoms with E-state index in [1.165, 1.54) is 0 Å². The summed E-state index contributed by atoms with van der Waals surface area (Å²) in [7, 11) is -3.72. The molecule has 9 nitrogen and oxygen atoms in total. The number of nitrogens with zero attached hydrogens (tertiary/aromatic N) is 1. The minimum atomic E-state index is -3.72. The minimum Gasteiger partial charge on any atom is -0.490 e. The van der Waals surface area contributed by atoms with Crippen LogP contribution in [0.15, 0.2) is 71.6 Å². The van der Waals surface area contributed by atoms with Crippen molar-refractivity contribution >= 4 is 32.5 Å². The number of nitrogens with one attached hydrogen (secondary N) is 2. The molecule has 2 amide bonds. The van der Waals surface area contributed by atoms with Crippen LogP contribution in [0.25, 0.3) is 10.9 Å². The van der Waals surface area contributed by atoms with Gasteiger partial charge in [0.05, 0.1) is 36.2 Å². The van der Waals surface area contributed by atoms with Crippen molar-refractivity contribution in [1.29, 1.82) is 0 Å². The summed E-state index contributed by atoms with van der Waals surface area (Å²) in [5, 5.41) is 6.08. The van der Waals surface area contributed by atoms with Gasteiger partial charge in [-0.15, -0.1) is 0 Å². The molecule has 10 heteroatoms. The number of sulfone groups is 1. The van der Waals surface area contributed by atoms with Crippen molar-refractivity contribution in [2.75, 3.05) is 37.4 Å². The number of hydrogen-bond donors (Lipinski definition) is 2. The van der Waals surface area contributed by atoms with E-state index < -0.39 is 15.9 Å². The Morgan fingerprint density at radius 1 is 0.854 bits per heavy atom. The molecule has 0 spiro atoms. The van der Waals surface area contributed by atoms with Gasteiger partial charge in [0.25, 0.3) is 0 Å². The van der Waals surface area contributed by atoms with Gasteiger partial charge in [-0.05, 0) is 39.3 Å². The fourth-order valence-corrected chi connectivity index (χ4v) is 6.44. The van der Waals surface area contributed by atoms with E-state index in [9.17, 15) is 13.2 Å². The number of fused-ring (bicyclic) bond motifs is 1. The van der Waals surface area contributed by atoms with E-state index in [4.69, 9.17) is 14.2 Å². The molecule has 0 saturated carbocycles. The van der Waals surface area contributed by atoms with E-state index >= 15 is 0 Å². The van der Waals surface area contributed by atoms with Gasteiger partial charge in [-0.25, -0.2) is 13.2 Å². The maximum atomic E-state index is 13.6. The first-order valence-corrected chi connectivity index (χ1v) is 15.4. The first-order valence-electron chi connectivity index (χ1n) is 13.7. The van der Waals surface area contributed by atoms with Crippen molar-refractivity contribution in [3.63, 3.8) is 0 Å². The summed E-state index contributed by atoms with van der Waals surface area (Å²) in [4.78, 5) is 13.0. The fourth-order valence-electron chi connectivity index (χ4n) is 4.80. The van der Waals surface area contributed by atoms with Crippen molar-refractivity contribution in [3.8, 4) is 17.2 Å². The number of anilines is 1. The van der Waals surface area contributed by atoms with Crippen LogP contribution in [0.2, 0.25) is 0 Å². The van der Waals surface area contributed by atoms with Gasteiger partial charge >= 0.3 is 6.03 Å². The lowest BCUT2D eigenvalue weighted by molar-refractivity contribution is 0.252. The molecule has 0 aliphatic carbocycles. The highest BCUT2D eigenvalue weighted by Crippen LogP contribution is 2.41. The predicted molar refractivity (Wildman–Crippen MR) is 161 cm³/mol. The molecule has 0 aliphatic heterocycles. The molecular weight excluding hydrogens is 542 g/mol. The highest BCUT2D eigenvalue weighted by Gasteiger charge is 2.25. The number of benzene rings is 3. The third-order valence-corrected chi connectivity index (χ3v) is 8.37. The topological polar surface area (TPSA) is 108 Å². The van der Waals surface area contributed by atoms with E-state index in [2.05, 4.69) is 10.6 Å². The van der Waals surface area contributed by atoms with E-state index in [1.807, 2.05) is 86.9 Å². The van der Waals surface area contributed by atoms with Gasteiger partial charge in [0.2, 0.25) is 5.75 Å². The minimum absolute atomic E-state index is 0.0700. The van der Waals surface area contributed by atoms with Crippen LogP contribution in [0.4, 0.5) is 10.5 Å². The molecular formula is C31H37N3O6S. The van der Waals surface area contributed by atoms with Gasteiger partial charge < -0.3 is 29.4 Å². The molecule has 2 N–H and O–H groups in total. The monoisotopic (exact) mass is 579 g/mol. The summed E-state index contributed by atoms with van der Waals surface area (Å²) >= 11 is 0. The third kappa shape index (κ3) is 6.94. The van der Waals surface area contributed by atoms with Crippen LogP contribution in [0.5, 0.6) is 17.2 Å². The number of carbonyl (C=O) groups excluding carboxylic acids is 1. The van der Waals surface area contributed by atoms with Crippen molar-refractivity contribution in [2.45, 2.75) is 39.1 Å². The summed E-state index contributed by atoms with van der Waals surface area (Å²) in [6, 6.07) is 20.2. The van der Waals surface area contributed by atoms with Crippen LogP contribution in [0.3, 0.4) is 0 Å². The van der Waals surface area contributed by atoms with Gasteiger partial charge in [0.1, 0.15) is 0 Å². The molecule has 0 bridgehead atoms. The summed E-state index contributed by atoms with van der Waals surface area (Å²) in [6.45, 7) is 9.11. The van der Waals surface area contributed by atoms with Crippen molar-refractivity contribution in [3.05, 3.63) is 78.0 Å². The number of urea groups is 1. The zero-order valence-electron chi connectivity index (χ0n) is 23.9. The second-order valence-electron chi connectivity index (χ2n) is 9.30. The maximum absolute atomic E-state index is 13.6. The molecule has 4 rings (SSSR count). The summed E-state index contributed by atoms with van der Waals surface area (Å²) in [6.07, 6.45) is 0. The number of para-hydroxylation sites is 1. The number of rotatable bonds is 13. The Hall–Kier alpha value is -4.18. The molecule has 0 radical (unpaired) electrons. The normalized spacial score (nSPS) is 11.3. The molecule has 4 aromatic rings. The molecule has 0 unspecified atom stereocenters. The Morgan fingerprint density at radius 3 is 2.10 bits per heavy atom. The Kier molecular flexibility index (Phi) is 9.78. The van der Waals surface area contributed by atoms with Crippen LogP contribution < -0.4 is 24.8 Å². The SMILES string of the molecule is CCOc1cc(NC(=O)NCCS(=O)(=O)c2c(C)n(Cc3ccccc3)c3ccccc23)cc(OCC)c1OCC. The number of hydrogen-bond acceptors (Lipinski definition) is 6. The number of aromatic nitrogens is 1. The zero-order valence-corrected chi connectivity index (χ0v) is 24.7. The first-order chi connectivity index (χ1) is 19.8. The third-order valence-electron chi connectivity index (χ3n) is 6.49. The molecule has 0 aliphatic rings. The average Bonchev–Trinajstić information content (AvgIpc) is 3.23. The van der Waals surface area contributed by atoms with E-state index in [0.717, 1.165) is 11.1 Å². The lowest BCUT2D eigenvalue weighted by Gasteiger charge is -2.17. The van der Waals surface area contributed by atoms with Gasteiger partial charge in [0.15, 0.2) is 21.3 Å². The molecule has 1 aromatic heterocycles. The first kappa shape index (κ1) is 29.8. The van der Waals surface area contributed by atoms with Crippen molar-refractivity contribution < 1.29 is 27.4 Å². The summed E-state index contributed by atoms with van der Waals surface area (Å²) < 4.78 is 46.3. The van der Waals surface area contributed by atoms with Gasteiger partial charge in [0, 0.05) is 41.8 Å². The molecule has 218 valence electrons. The highest BCUT2D eigenvalue weighted by molar-refractivity contribution is 7.91. The lowest BCUT2D eigenvalue weighted by Crippen LogP contribution is -2.33. The van der Waals surface area contributed by atoms with Crippen LogP contribution >= 0.6 is 0 Å². The highest BCUT2D eigenvalue weighted by atomic mass is 32.2. The number of carbonyl (C=O) groups is 1. The zero-order chi connectivity index (χ0) is 29.4. The summed E-state index contributed by atoms with van der Waals surface area (Å²) in [5.74, 6) is 1.11. The Morgan fingerprint density at radius 2 is 1.46 bits per heavy atom. The molecule has 1 heterocycles. The molecule has 0 atom stereocenters. The van der Waals surface area contributed by atoms with Gasteiger partial charge in [-0.1, -0.05) is 48.5 Å². The second kappa shape index (κ2) is 13.5. The molecule has 3 aromatic carbocycles. The molecule has 41 heavy (non-hydrogen) atoms. The van der Waals surface area contributed by atoms with Gasteiger partial charge in [-0.3, -0.25) is 0 Å². The smallest absolute Gasteiger partial charge is 0.319 e. The van der Waals surface area contributed by atoms with E-state index in [-0.39, 0.29) is 12.3 Å². The predicted octanol–water partition coefficient (Wildman–Crippen LogP) is 5.79. The summed E-state index contributed by atoms with van der Waals surface area (Å²) in [5.41, 5.74) is 3.03. The number of amides is 2. The Labute approximate surface area is 241 Å². The van der Waals surface area contributed by atoms with Crippen molar-refractivity contribution in [1.82, 2.24) is 9.88 Å². The van der Waals surface area contributed by atoms with E-state index in [1.54, 1.807) is 12.1 Å². The molecule has 0 fully saturated rings. The van der Waals surface area contributed by atoms with Crippen LogP contribution in [0, 0.1) is 6.92 Å². The van der Waals surface area contributed by atoms with Gasteiger partial charge in [-0.2, -0.15) is 0 Å². The van der Waals surface area contributed by atoms with Crippen LogP contribution in [0.1, 0.15) is 32.0 Å². The van der Waals surface area contributed by atoms with E-state index in [0.29, 0.717) is 65.3 Å². The van der Waals surface area contributed by atoms with Crippen LogP contribution in [-0.2, 0) is 16.4 Å². The fraction of sp³-hybridized carbons (Fsp3) is 0.323. The standard InChI is InChI=1S/C31H37N3O6S/c1-5-38-27-19-24(20-28(39-6-2)29(27)40-7-3)33-31(35)32-17-18-41(36,37)30-22(4)34(21-23-13-9-8-10-14-23)26-16-12-11-15-25(26)30/h8-16,19-20H,5-7,17-18,21H2,1-4H3,(H2,32,33,35). The van der Waals surface area contributed by atoms with Crippen LogP contribution in [-0.4, -0.2) is 51.1 Å². The Balaban J connectivity index is 1.49. The maximum Gasteiger partial charge on any atom is 0.319 e. The average molecular weight is 580 g/mol.